The molecule has 0 spiro atoms. The summed E-state index contributed by atoms with van der Waals surface area (Å²) in [6.07, 6.45) is 22.9. The van der Waals surface area contributed by atoms with Crippen molar-refractivity contribution < 1.29 is 0 Å². The average molecular weight is 359 g/mol. The van der Waals surface area contributed by atoms with Crippen LogP contribution in [-0.2, 0) is 0 Å². The topological polar surface area (TPSA) is 0 Å². The molecule has 0 nitrogen and oxygen atoms in total. The maximum Gasteiger partial charge on any atom is -0.00838 e. The Hall–Kier alpha value is 0.430. The number of unbranched alkanes of at least 4 members (excludes halogenated alkanes) is 1. The lowest BCUT2D eigenvalue weighted by Crippen LogP contribution is -2.54. The van der Waals surface area contributed by atoms with Gasteiger partial charge in [-0.25, -0.2) is 0 Å². The molecule has 1 unspecified atom stereocenters. The zero-order valence-corrected chi connectivity index (χ0v) is 17.4. The fourth-order valence-electron chi connectivity index (χ4n) is 9.85. The van der Waals surface area contributed by atoms with Crippen molar-refractivity contribution in [3.05, 3.63) is 0 Å². The minimum absolute atomic E-state index is 0.309. The Morgan fingerprint density at radius 2 is 1.16 bits per heavy atom. The van der Waals surface area contributed by atoms with Crippen molar-refractivity contribution in [3.8, 4) is 0 Å². The van der Waals surface area contributed by atoms with E-state index < -0.39 is 0 Å². The van der Waals surface area contributed by atoms with E-state index in [0.717, 1.165) is 34.7 Å². The third-order valence-electron chi connectivity index (χ3n) is 9.90. The highest BCUT2D eigenvalue weighted by molar-refractivity contribution is 7.60. The fraction of sp³-hybridized carbons (Fsp3) is 1.00. The van der Waals surface area contributed by atoms with E-state index in [2.05, 4.69) is 6.92 Å². The van der Waals surface area contributed by atoms with Crippen LogP contribution in [0.5, 0.6) is 0 Å². The summed E-state index contributed by atoms with van der Waals surface area (Å²) in [5.41, 5.74) is 1.23. The summed E-state index contributed by atoms with van der Waals surface area (Å²) in [6, 6.07) is 0. The van der Waals surface area contributed by atoms with Crippen molar-refractivity contribution in [1.29, 1.82) is 0 Å². The van der Waals surface area contributed by atoms with Crippen molar-refractivity contribution >= 4 is 7.92 Å². The monoisotopic (exact) mass is 358 g/mol. The van der Waals surface area contributed by atoms with Crippen LogP contribution >= 0.6 is 7.92 Å². The van der Waals surface area contributed by atoms with Crippen LogP contribution in [0.4, 0.5) is 0 Å². The molecule has 0 radical (unpaired) electrons. The van der Waals surface area contributed by atoms with E-state index in [0.29, 0.717) is 7.92 Å². The molecule has 140 valence electrons. The minimum atomic E-state index is 0.309. The largest absolute Gasteiger partial charge is 0.0966 e. The summed E-state index contributed by atoms with van der Waals surface area (Å²) in [6.45, 7) is 2.45. The Balaban J connectivity index is 1.33. The third kappa shape index (κ3) is 2.55. The summed E-state index contributed by atoms with van der Waals surface area (Å²) >= 11 is 0. The molecule has 8 aliphatic rings. The minimum Gasteiger partial charge on any atom is -0.0966 e. The van der Waals surface area contributed by atoms with Gasteiger partial charge in [-0.1, -0.05) is 21.3 Å². The lowest BCUT2D eigenvalue weighted by Gasteiger charge is -2.65. The zero-order chi connectivity index (χ0) is 16.6. The van der Waals surface area contributed by atoms with Gasteiger partial charge in [0.2, 0.25) is 0 Å². The van der Waals surface area contributed by atoms with Gasteiger partial charge in [-0.3, -0.25) is 0 Å². The maximum atomic E-state index is 2.45. The molecule has 25 heavy (non-hydrogen) atoms. The lowest BCUT2D eigenvalue weighted by molar-refractivity contribution is 0.0148. The Morgan fingerprint density at radius 3 is 1.64 bits per heavy atom. The molecule has 8 rings (SSSR count). The van der Waals surface area contributed by atoms with E-state index in [1.807, 2.05) is 0 Å². The molecular weight excluding hydrogens is 319 g/mol. The average Bonchev–Trinajstić information content (AvgIpc) is 2.55. The van der Waals surface area contributed by atoms with Gasteiger partial charge in [-0.15, -0.1) is 0 Å². The second kappa shape index (κ2) is 5.96. The van der Waals surface area contributed by atoms with E-state index in [4.69, 9.17) is 0 Å². The quantitative estimate of drug-likeness (QED) is 0.461. The number of rotatable bonds is 5. The number of hydrogen-bond acceptors (Lipinski definition) is 0. The highest BCUT2D eigenvalue weighted by atomic mass is 31.1. The fourth-order valence-corrected chi connectivity index (χ4v) is 14.9. The van der Waals surface area contributed by atoms with Gasteiger partial charge in [0.05, 0.1) is 0 Å². The predicted octanol–water partition coefficient (Wildman–Crippen LogP) is 7.06. The Kier molecular flexibility index (Phi) is 3.91. The molecular formula is C24H39P. The SMILES string of the molecule is CCCCP(C1C2CC3CC(C2)CC1C3)C12CC3CC(CC(C3)C1)C2. The molecule has 1 atom stereocenters. The van der Waals surface area contributed by atoms with Crippen LogP contribution in [-0.4, -0.2) is 17.0 Å². The third-order valence-corrected chi connectivity index (χ3v) is 14.0. The highest BCUT2D eigenvalue weighted by Crippen LogP contribution is 2.75. The van der Waals surface area contributed by atoms with Gasteiger partial charge in [-0.05, 0) is 135 Å². The van der Waals surface area contributed by atoms with Crippen molar-refractivity contribution in [2.24, 2.45) is 41.4 Å². The zero-order valence-electron chi connectivity index (χ0n) is 16.5. The Morgan fingerprint density at radius 1 is 0.680 bits per heavy atom. The maximum absolute atomic E-state index is 2.45. The summed E-state index contributed by atoms with van der Waals surface area (Å²) in [4.78, 5) is 0. The molecule has 0 amide bonds. The van der Waals surface area contributed by atoms with Crippen LogP contribution in [0.25, 0.3) is 0 Å². The Labute approximate surface area is 157 Å². The molecule has 0 aromatic rings. The van der Waals surface area contributed by atoms with Crippen LogP contribution in [0.2, 0.25) is 0 Å². The van der Waals surface area contributed by atoms with E-state index in [-0.39, 0.29) is 0 Å². The molecule has 0 saturated heterocycles. The molecule has 0 aliphatic heterocycles. The van der Waals surface area contributed by atoms with Gasteiger partial charge < -0.3 is 0 Å². The summed E-state index contributed by atoms with van der Waals surface area (Å²) in [5.74, 6) is 8.19. The second-order valence-electron chi connectivity index (χ2n) is 11.6. The summed E-state index contributed by atoms with van der Waals surface area (Å²) in [7, 11) is 0.309. The van der Waals surface area contributed by atoms with Gasteiger partial charge in [0, 0.05) is 0 Å². The van der Waals surface area contributed by atoms with Gasteiger partial charge in [0.25, 0.3) is 0 Å². The van der Waals surface area contributed by atoms with E-state index in [1.54, 1.807) is 83.2 Å². The standard InChI is InChI=1S/C24H39P/c1-2-3-4-25(23-21-9-16-5-17(11-21)12-22(23)10-16)24-13-18-6-19(14-24)8-20(7-18)15-24/h16-23H,2-15H2,1H3. The van der Waals surface area contributed by atoms with Crippen LogP contribution in [0.1, 0.15) is 90.4 Å². The highest BCUT2D eigenvalue weighted by Gasteiger charge is 2.59. The van der Waals surface area contributed by atoms with Gasteiger partial charge in [0.1, 0.15) is 0 Å². The molecule has 0 aromatic heterocycles. The summed E-state index contributed by atoms with van der Waals surface area (Å²) < 4.78 is 0. The Bertz CT molecular complexity index is 459. The smallest absolute Gasteiger partial charge is 0.00838 e. The molecule has 8 aliphatic carbocycles. The van der Waals surface area contributed by atoms with E-state index >= 15 is 0 Å². The van der Waals surface area contributed by atoms with E-state index in [1.165, 1.54) is 23.9 Å². The van der Waals surface area contributed by atoms with Crippen LogP contribution in [0, 0.1) is 41.4 Å². The molecule has 0 N–H and O–H groups in total. The molecule has 0 heterocycles. The van der Waals surface area contributed by atoms with Crippen molar-refractivity contribution in [3.63, 3.8) is 0 Å². The molecule has 1 heteroatoms. The lowest BCUT2D eigenvalue weighted by atomic mass is 9.55. The molecule has 8 saturated carbocycles. The second-order valence-corrected chi connectivity index (χ2v) is 14.5. The van der Waals surface area contributed by atoms with Gasteiger partial charge >= 0.3 is 0 Å². The van der Waals surface area contributed by atoms with Crippen molar-refractivity contribution in [2.75, 3.05) is 6.16 Å². The van der Waals surface area contributed by atoms with E-state index in [9.17, 15) is 0 Å². The first-order valence-electron chi connectivity index (χ1n) is 12.0. The van der Waals surface area contributed by atoms with Gasteiger partial charge in [-0.2, -0.15) is 0 Å². The molecule has 8 fully saturated rings. The van der Waals surface area contributed by atoms with Crippen LogP contribution in [0.15, 0.2) is 0 Å². The van der Waals surface area contributed by atoms with Gasteiger partial charge in [0.15, 0.2) is 0 Å². The predicted molar refractivity (Wildman–Crippen MR) is 108 cm³/mol. The summed E-state index contributed by atoms with van der Waals surface area (Å²) in [5, 5.41) is 0.888. The molecule has 8 bridgehead atoms. The van der Waals surface area contributed by atoms with Crippen LogP contribution in [0.3, 0.4) is 0 Å². The normalized spacial score (nSPS) is 56.5. The first-order valence-corrected chi connectivity index (χ1v) is 13.6. The van der Waals surface area contributed by atoms with Crippen molar-refractivity contribution in [1.82, 2.24) is 0 Å². The van der Waals surface area contributed by atoms with Crippen molar-refractivity contribution in [2.45, 2.75) is 101 Å². The number of hydrogen-bond donors (Lipinski definition) is 0. The first kappa shape index (κ1) is 16.4. The van der Waals surface area contributed by atoms with Crippen LogP contribution < -0.4 is 0 Å². The molecule has 0 aromatic carbocycles. The first-order chi connectivity index (χ1) is 12.2.